The number of benzene rings is 1. The highest BCUT2D eigenvalue weighted by Crippen LogP contribution is 2.17. The number of nitrogens with zero attached hydrogens (tertiary/aromatic N) is 4. The fourth-order valence-corrected chi connectivity index (χ4v) is 3.16. The molecule has 0 aliphatic carbocycles. The summed E-state index contributed by atoms with van der Waals surface area (Å²) in [5, 5.41) is 9.88. The van der Waals surface area contributed by atoms with Gasteiger partial charge in [-0.1, -0.05) is 6.07 Å². The number of anilines is 2. The lowest BCUT2D eigenvalue weighted by atomic mass is 10.2. The fraction of sp³-hybridized carbons (Fsp3) is 0.300. The Balaban J connectivity index is 1.41. The molecule has 0 unspecified atom stereocenters. The lowest BCUT2D eigenvalue weighted by Crippen LogP contribution is -2.41. The first-order valence-electron chi connectivity index (χ1n) is 9.40. The number of hydrogen-bond donors (Lipinski definition) is 2. The zero-order chi connectivity index (χ0) is 20.2. The quantitative estimate of drug-likeness (QED) is 0.681. The van der Waals surface area contributed by atoms with E-state index in [1.54, 1.807) is 35.0 Å². The van der Waals surface area contributed by atoms with Crippen LogP contribution in [0.2, 0.25) is 0 Å². The van der Waals surface area contributed by atoms with Gasteiger partial charge in [-0.15, -0.1) is 0 Å². The van der Waals surface area contributed by atoms with Crippen LogP contribution in [0, 0.1) is 6.92 Å². The SMILES string of the molecule is Cc1cnc2c(C(=O)Nc3cccc(NC(=O)CN4CCOCC4)c3)cnn2c1. The third kappa shape index (κ3) is 4.58. The summed E-state index contributed by atoms with van der Waals surface area (Å²) in [5.74, 6) is -0.411. The highest BCUT2D eigenvalue weighted by molar-refractivity contribution is 6.08. The van der Waals surface area contributed by atoms with Crippen LogP contribution in [0.1, 0.15) is 15.9 Å². The molecule has 1 aliphatic heterocycles. The normalized spacial score (nSPS) is 14.7. The number of amides is 2. The van der Waals surface area contributed by atoms with E-state index in [9.17, 15) is 9.59 Å². The molecular weight excluding hydrogens is 372 g/mol. The van der Waals surface area contributed by atoms with Gasteiger partial charge in [0.2, 0.25) is 5.91 Å². The molecule has 0 radical (unpaired) electrons. The monoisotopic (exact) mass is 394 g/mol. The minimum atomic E-state index is -0.312. The molecule has 3 aromatic rings. The Labute approximate surface area is 167 Å². The predicted molar refractivity (Wildman–Crippen MR) is 108 cm³/mol. The third-order valence-electron chi connectivity index (χ3n) is 4.61. The number of fused-ring (bicyclic) bond motifs is 1. The Bertz CT molecular complexity index is 1040. The second kappa shape index (κ2) is 8.38. The van der Waals surface area contributed by atoms with Crippen molar-refractivity contribution in [3.05, 3.63) is 54.0 Å². The first-order valence-corrected chi connectivity index (χ1v) is 9.40. The smallest absolute Gasteiger partial charge is 0.261 e. The van der Waals surface area contributed by atoms with E-state index < -0.39 is 0 Å². The van der Waals surface area contributed by atoms with Gasteiger partial charge in [0.25, 0.3) is 5.91 Å². The number of ether oxygens (including phenoxy) is 1. The van der Waals surface area contributed by atoms with Gasteiger partial charge in [0.05, 0.1) is 26.0 Å². The number of rotatable bonds is 5. The summed E-state index contributed by atoms with van der Waals surface area (Å²) in [6, 6.07) is 7.04. The van der Waals surface area contributed by atoms with Crippen molar-refractivity contribution in [1.82, 2.24) is 19.5 Å². The van der Waals surface area contributed by atoms with Gasteiger partial charge >= 0.3 is 0 Å². The van der Waals surface area contributed by atoms with E-state index in [-0.39, 0.29) is 11.8 Å². The van der Waals surface area contributed by atoms with Crippen molar-refractivity contribution in [2.45, 2.75) is 6.92 Å². The molecule has 150 valence electrons. The van der Waals surface area contributed by atoms with Crippen molar-refractivity contribution in [2.75, 3.05) is 43.5 Å². The summed E-state index contributed by atoms with van der Waals surface area (Å²) in [6.07, 6.45) is 4.99. The van der Waals surface area contributed by atoms with Gasteiger partial charge in [0.15, 0.2) is 5.65 Å². The zero-order valence-electron chi connectivity index (χ0n) is 16.1. The van der Waals surface area contributed by atoms with Crippen molar-refractivity contribution < 1.29 is 14.3 Å². The third-order valence-corrected chi connectivity index (χ3v) is 4.61. The molecule has 29 heavy (non-hydrogen) atoms. The first kappa shape index (κ1) is 19.0. The molecule has 0 bridgehead atoms. The van der Waals surface area contributed by atoms with Crippen LogP contribution in [-0.4, -0.2) is 64.2 Å². The number of morpholine rings is 1. The molecule has 0 saturated carbocycles. The molecule has 9 nitrogen and oxygen atoms in total. The van der Waals surface area contributed by atoms with Gasteiger partial charge in [0, 0.05) is 36.9 Å². The fourth-order valence-electron chi connectivity index (χ4n) is 3.16. The maximum atomic E-state index is 12.7. The molecule has 3 heterocycles. The van der Waals surface area contributed by atoms with E-state index in [4.69, 9.17) is 4.74 Å². The molecule has 4 rings (SSSR count). The number of aromatic nitrogens is 3. The summed E-state index contributed by atoms with van der Waals surface area (Å²) in [5.41, 5.74) is 3.02. The average Bonchev–Trinajstić information content (AvgIpc) is 3.12. The van der Waals surface area contributed by atoms with Crippen LogP contribution >= 0.6 is 0 Å². The number of carbonyl (C=O) groups excluding carboxylic acids is 2. The molecule has 0 spiro atoms. The Morgan fingerprint density at radius 2 is 1.90 bits per heavy atom. The van der Waals surface area contributed by atoms with Crippen molar-refractivity contribution in [2.24, 2.45) is 0 Å². The molecule has 9 heteroatoms. The van der Waals surface area contributed by atoms with Gasteiger partial charge < -0.3 is 15.4 Å². The summed E-state index contributed by atoms with van der Waals surface area (Å²) in [6.45, 7) is 5.01. The van der Waals surface area contributed by atoms with E-state index in [0.717, 1.165) is 18.7 Å². The molecule has 1 aliphatic rings. The summed E-state index contributed by atoms with van der Waals surface area (Å²) in [7, 11) is 0. The second-order valence-electron chi connectivity index (χ2n) is 6.93. The standard InChI is InChI=1S/C20H22N6O3/c1-14-10-21-19-17(11-22-26(19)12-14)20(28)24-16-4-2-3-15(9-16)23-18(27)13-25-5-7-29-8-6-25/h2-4,9-12H,5-8,13H2,1H3,(H,23,27)(H,24,28). The summed E-state index contributed by atoms with van der Waals surface area (Å²) < 4.78 is 6.87. The summed E-state index contributed by atoms with van der Waals surface area (Å²) in [4.78, 5) is 31.3. The largest absolute Gasteiger partial charge is 0.379 e. The van der Waals surface area contributed by atoms with Gasteiger partial charge in [-0.05, 0) is 30.7 Å². The zero-order valence-corrected chi connectivity index (χ0v) is 16.1. The van der Waals surface area contributed by atoms with Gasteiger partial charge in [-0.3, -0.25) is 14.5 Å². The Kier molecular flexibility index (Phi) is 5.50. The van der Waals surface area contributed by atoms with E-state index in [2.05, 4.69) is 20.7 Å². The molecular formula is C20H22N6O3. The van der Waals surface area contributed by atoms with Crippen LogP contribution in [0.25, 0.3) is 5.65 Å². The highest BCUT2D eigenvalue weighted by Gasteiger charge is 2.16. The maximum Gasteiger partial charge on any atom is 0.261 e. The maximum absolute atomic E-state index is 12.7. The van der Waals surface area contributed by atoms with Crippen LogP contribution in [0.4, 0.5) is 11.4 Å². The molecule has 2 amide bonds. The van der Waals surface area contributed by atoms with Crippen LogP contribution in [-0.2, 0) is 9.53 Å². The summed E-state index contributed by atoms with van der Waals surface area (Å²) >= 11 is 0. The van der Waals surface area contributed by atoms with Crippen LogP contribution in [0.3, 0.4) is 0 Å². The molecule has 1 saturated heterocycles. The van der Waals surface area contributed by atoms with Gasteiger partial charge in [-0.25, -0.2) is 9.50 Å². The van der Waals surface area contributed by atoms with Gasteiger partial charge in [0.1, 0.15) is 5.56 Å². The Hall–Kier alpha value is -3.30. The number of nitrogens with one attached hydrogen (secondary N) is 2. The molecule has 2 aromatic heterocycles. The van der Waals surface area contributed by atoms with E-state index in [0.29, 0.717) is 42.3 Å². The molecule has 1 fully saturated rings. The van der Waals surface area contributed by atoms with Crippen LogP contribution < -0.4 is 10.6 Å². The number of hydrogen-bond acceptors (Lipinski definition) is 6. The van der Waals surface area contributed by atoms with Crippen LogP contribution in [0.15, 0.2) is 42.9 Å². The Morgan fingerprint density at radius 3 is 2.69 bits per heavy atom. The second-order valence-corrected chi connectivity index (χ2v) is 6.93. The van der Waals surface area contributed by atoms with E-state index >= 15 is 0 Å². The molecule has 0 atom stereocenters. The average molecular weight is 394 g/mol. The number of carbonyl (C=O) groups is 2. The van der Waals surface area contributed by atoms with Crippen LogP contribution in [0.5, 0.6) is 0 Å². The van der Waals surface area contributed by atoms with Gasteiger partial charge in [-0.2, -0.15) is 5.10 Å². The Morgan fingerprint density at radius 1 is 1.14 bits per heavy atom. The van der Waals surface area contributed by atoms with E-state index in [1.165, 1.54) is 6.20 Å². The van der Waals surface area contributed by atoms with Crippen molar-refractivity contribution in [3.8, 4) is 0 Å². The minimum absolute atomic E-state index is 0.0995. The highest BCUT2D eigenvalue weighted by atomic mass is 16.5. The first-order chi connectivity index (χ1) is 14.1. The van der Waals surface area contributed by atoms with Crippen molar-refractivity contribution in [3.63, 3.8) is 0 Å². The van der Waals surface area contributed by atoms with Crippen molar-refractivity contribution in [1.29, 1.82) is 0 Å². The predicted octanol–water partition coefficient (Wildman–Crippen LogP) is 1.56. The molecule has 1 aromatic carbocycles. The topological polar surface area (TPSA) is 101 Å². The number of aryl methyl sites for hydroxylation is 1. The molecule has 2 N–H and O–H groups in total. The lowest BCUT2D eigenvalue weighted by molar-refractivity contribution is -0.118. The van der Waals surface area contributed by atoms with E-state index in [1.807, 2.05) is 18.0 Å². The minimum Gasteiger partial charge on any atom is -0.379 e. The van der Waals surface area contributed by atoms with Crippen molar-refractivity contribution >= 4 is 28.8 Å². The lowest BCUT2D eigenvalue weighted by Gasteiger charge is -2.25.